The molecule has 1 radical (unpaired) electrons. The first-order valence-electron chi connectivity index (χ1n) is 3.40. The SMILES string of the molecule is CC1=CC(C)=CC(C)[CH]1. The van der Waals surface area contributed by atoms with Gasteiger partial charge in [0.25, 0.3) is 0 Å². The van der Waals surface area contributed by atoms with Crippen molar-refractivity contribution in [3.05, 3.63) is 29.7 Å². The first-order chi connectivity index (χ1) is 4.18. The molecule has 1 unspecified atom stereocenters. The highest BCUT2D eigenvalue weighted by Gasteiger charge is 2.04. The second-order valence-corrected chi connectivity index (χ2v) is 2.82. The topological polar surface area (TPSA) is 0 Å². The highest BCUT2D eigenvalue weighted by atomic mass is 14.1. The Bertz CT molecular complexity index is 161. The molecule has 1 aliphatic rings. The Morgan fingerprint density at radius 1 is 1.22 bits per heavy atom. The third-order valence-corrected chi connectivity index (χ3v) is 1.51. The molecule has 0 heterocycles. The molecule has 0 spiro atoms. The lowest BCUT2D eigenvalue weighted by atomic mass is 9.93. The van der Waals surface area contributed by atoms with Crippen LogP contribution in [0.25, 0.3) is 0 Å². The molecule has 0 aromatic heterocycles. The Morgan fingerprint density at radius 3 is 2.33 bits per heavy atom. The summed E-state index contributed by atoms with van der Waals surface area (Å²) in [6, 6.07) is 0. The van der Waals surface area contributed by atoms with Crippen molar-refractivity contribution in [1.29, 1.82) is 0 Å². The Hall–Kier alpha value is -0.520. The molecular weight excluding hydrogens is 108 g/mol. The quantitative estimate of drug-likeness (QED) is 0.462. The van der Waals surface area contributed by atoms with E-state index in [1.807, 2.05) is 0 Å². The minimum absolute atomic E-state index is 0.634. The highest BCUT2D eigenvalue weighted by molar-refractivity contribution is 5.32. The van der Waals surface area contributed by atoms with Gasteiger partial charge < -0.3 is 0 Å². The fraction of sp³-hybridized carbons (Fsp3) is 0.444. The van der Waals surface area contributed by atoms with Gasteiger partial charge in [0.05, 0.1) is 0 Å². The second-order valence-electron chi connectivity index (χ2n) is 2.82. The van der Waals surface area contributed by atoms with Crippen molar-refractivity contribution in [1.82, 2.24) is 0 Å². The number of hydrogen-bond donors (Lipinski definition) is 0. The molecule has 0 aromatic carbocycles. The van der Waals surface area contributed by atoms with Crippen LogP contribution in [0.1, 0.15) is 20.8 Å². The lowest BCUT2D eigenvalue weighted by Gasteiger charge is -2.12. The van der Waals surface area contributed by atoms with Gasteiger partial charge in [0.15, 0.2) is 0 Å². The summed E-state index contributed by atoms with van der Waals surface area (Å²) in [5.41, 5.74) is 2.78. The van der Waals surface area contributed by atoms with Gasteiger partial charge in [-0.05, 0) is 26.2 Å². The lowest BCUT2D eigenvalue weighted by molar-refractivity contribution is 0.843. The Labute approximate surface area is 57.3 Å². The maximum absolute atomic E-state index is 2.27. The van der Waals surface area contributed by atoms with Crippen molar-refractivity contribution in [2.45, 2.75) is 20.8 Å². The minimum atomic E-state index is 0.634. The largest absolute Gasteiger partial charge is 0.0781 e. The third-order valence-electron chi connectivity index (χ3n) is 1.51. The number of rotatable bonds is 0. The summed E-state index contributed by atoms with van der Waals surface area (Å²) >= 11 is 0. The van der Waals surface area contributed by atoms with Crippen LogP contribution in [0.15, 0.2) is 23.3 Å². The molecule has 0 fully saturated rings. The molecule has 0 saturated carbocycles. The maximum Gasteiger partial charge on any atom is -0.00711 e. The molecule has 0 saturated heterocycles. The summed E-state index contributed by atoms with van der Waals surface area (Å²) in [6.07, 6.45) is 6.75. The van der Waals surface area contributed by atoms with E-state index < -0.39 is 0 Å². The molecular formula is C9H13. The van der Waals surface area contributed by atoms with E-state index in [9.17, 15) is 0 Å². The zero-order valence-electron chi connectivity index (χ0n) is 6.31. The molecule has 1 rings (SSSR count). The molecule has 9 heavy (non-hydrogen) atoms. The van der Waals surface area contributed by atoms with E-state index in [0.717, 1.165) is 0 Å². The highest BCUT2D eigenvalue weighted by Crippen LogP contribution is 2.19. The second kappa shape index (κ2) is 2.38. The monoisotopic (exact) mass is 121 g/mol. The molecule has 0 nitrogen and oxygen atoms in total. The molecule has 0 N–H and O–H groups in total. The van der Waals surface area contributed by atoms with E-state index in [4.69, 9.17) is 0 Å². The molecule has 0 aliphatic heterocycles. The molecule has 0 amide bonds. The van der Waals surface area contributed by atoms with E-state index >= 15 is 0 Å². The van der Waals surface area contributed by atoms with E-state index in [1.165, 1.54) is 11.1 Å². The summed E-state index contributed by atoms with van der Waals surface area (Å²) < 4.78 is 0. The summed E-state index contributed by atoms with van der Waals surface area (Å²) in [6.45, 7) is 6.50. The Morgan fingerprint density at radius 2 is 1.89 bits per heavy atom. The van der Waals surface area contributed by atoms with Crippen molar-refractivity contribution in [2.75, 3.05) is 0 Å². The van der Waals surface area contributed by atoms with Gasteiger partial charge in [-0.1, -0.05) is 30.2 Å². The van der Waals surface area contributed by atoms with Crippen molar-refractivity contribution >= 4 is 0 Å². The van der Waals surface area contributed by atoms with Crippen LogP contribution < -0.4 is 0 Å². The maximum atomic E-state index is 2.27. The fourth-order valence-electron chi connectivity index (χ4n) is 1.33. The van der Waals surface area contributed by atoms with E-state index in [-0.39, 0.29) is 0 Å². The van der Waals surface area contributed by atoms with E-state index in [1.54, 1.807) is 0 Å². The molecule has 0 bridgehead atoms. The zero-order valence-corrected chi connectivity index (χ0v) is 6.31. The van der Waals surface area contributed by atoms with Crippen LogP contribution in [0.3, 0.4) is 0 Å². The van der Waals surface area contributed by atoms with Gasteiger partial charge in [0.2, 0.25) is 0 Å². The van der Waals surface area contributed by atoms with Gasteiger partial charge in [-0.3, -0.25) is 0 Å². The molecule has 0 heteroatoms. The van der Waals surface area contributed by atoms with Gasteiger partial charge in [0.1, 0.15) is 0 Å². The van der Waals surface area contributed by atoms with Crippen LogP contribution in [0.4, 0.5) is 0 Å². The number of hydrogen-bond acceptors (Lipinski definition) is 0. The van der Waals surface area contributed by atoms with Gasteiger partial charge in [-0.15, -0.1) is 0 Å². The average Bonchev–Trinajstić information content (AvgIpc) is 1.59. The normalized spacial score (nSPS) is 27.2. The van der Waals surface area contributed by atoms with Crippen LogP contribution in [-0.2, 0) is 0 Å². The van der Waals surface area contributed by atoms with Crippen molar-refractivity contribution in [3.63, 3.8) is 0 Å². The predicted molar refractivity (Wildman–Crippen MR) is 41.0 cm³/mol. The van der Waals surface area contributed by atoms with E-state index in [0.29, 0.717) is 5.92 Å². The standard InChI is InChI=1S/C9H13/c1-7-4-8(2)6-9(3)5-7/h4-7H,1-3H3. The summed E-state index contributed by atoms with van der Waals surface area (Å²) in [5, 5.41) is 0. The Kier molecular flexibility index (Phi) is 1.75. The van der Waals surface area contributed by atoms with Crippen LogP contribution in [0, 0.1) is 12.3 Å². The third kappa shape index (κ3) is 1.70. The van der Waals surface area contributed by atoms with Gasteiger partial charge in [-0.25, -0.2) is 0 Å². The first-order valence-corrected chi connectivity index (χ1v) is 3.40. The lowest BCUT2D eigenvalue weighted by Crippen LogP contribution is -1.98. The van der Waals surface area contributed by atoms with Crippen LogP contribution in [-0.4, -0.2) is 0 Å². The summed E-state index contributed by atoms with van der Waals surface area (Å²) in [5.74, 6) is 0.634. The summed E-state index contributed by atoms with van der Waals surface area (Å²) in [7, 11) is 0. The average molecular weight is 121 g/mol. The van der Waals surface area contributed by atoms with Gasteiger partial charge in [-0.2, -0.15) is 0 Å². The van der Waals surface area contributed by atoms with Crippen molar-refractivity contribution in [3.8, 4) is 0 Å². The molecule has 1 atom stereocenters. The van der Waals surface area contributed by atoms with E-state index in [2.05, 4.69) is 39.3 Å². The van der Waals surface area contributed by atoms with Gasteiger partial charge >= 0.3 is 0 Å². The van der Waals surface area contributed by atoms with Crippen LogP contribution in [0.2, 0.25) is 0 Å². The van der Waals surface area contributed by atoms with Gasteiger partial charge in [0, 0.05) is 0 Å². The Balaban J connectivity index is 2.74. The van der Waals surface area contributed by atoms with Crippen molar-refractivity contribution < 1.29 is 0 Å². The number of allylic oxidation sites excluding steroid dienone is 4. The van der Waals surface area contributed by atoms with Crippen LogP contribution in [0.5, 0.6) is 0 Å². The van der Waals surface area contributed by atoms with Crippen LogP contribution >= 0.6 is 0 Å². The first kappa shape index (κ1) is 6.60. The summed E-state index contributed by atoms with van der Waals surface area (Å²) in [4.78, 5) is 0. The molecule has 0 aromatic rings. The predicted octanol–water partition coefficient (Wildman–Crippen LogP) is 2.73. The fourth-order valence-corrected chi connectivity index (χ4v) is 1.33. The molecule has 1 aliphatic carbocycles. The van der Waals surface area contributed by atoms with Crippen molar-refractivity contribution in [2.24, 2.45) is 5.92 Å². The molecule has 49 valence electrons. The zero-order chi connectivity index (χ0) is 6.85. The minimum Gasteiger partial charge on any atom is -0.0781 e. The smallest absolute Gasteiger partial charge is 0.00711 e.